The molecule has 5 heteroatoms. The lowest BCUT2D eigenvalue weighted by Gasteiger charge is -1.94. The maximum atomic E-state index is 13.4. The molecule has 0 unspecified atom stereocenters. The average Bonchev–Trinajstić information content (AvgIpc) is 2.84. The molecule has 88 valence electrons. The SMILES string of the molecule is O=C(c1cnccn1)c1cc2cccc(F)c2o1. The molecule has 2 aromatic heterocycles. The largest absolute Gasteiger partial charge is 0.449 e. The Morgan fingerprint density at radius 3 is 2.89 bits per heavy atom. The molecule has 18 heavy (non-hydrogen) atoms. The summed E-state index contributed by atoms with van der Waals surface area (Å²) in [6, 6.07) is 6.01. The lowest BCUT2D eigenvalue weighted by atomic mass is 10.2. The molecule has 0 aliphatic heterocycles. The minimum absolute atomic E-state index is 0.0515. The van der Waals surface area contributed by atoms with Crippen molar-refractivity contribution in [3.05, 3.63) is 60.1 Å². The van der Waals surface area contributed by atoms with Crippen molar-refractivity contribution >= 4 is 16.8 Å². The van der Waals surface area contributed by atoms with Crippen molar-refractivity contribution in [2.45, 2.75) is 0 Å². The molecule has 0 fully saturated rings. The molecule has 3 aromatic rings. The number of ketones is 1. The Balaban J connectivity index is 2.10. The van der Waals surface area contributed by atoms with Crippen molar-refractivity contribution in [2.75, 3.05) is 0 Å². The van der Waals surface area contributed by atoms with E-state index in [1.54, 1.807) is 12.1 Å². The number of nitrogens with zero attached hydrogens (tertiary/aromatic N) is 2. The van der Waals surface area contributed by atoms with E-state index in [2.05, 4.69) is 9.97 Å². The molecule has 0 amide bonds. The summed E-state index contributed by atoms with van der Waals surface area (Å²) in [6.07, 6.45) is 4.22. The molecule has 0 aliphatic rings. The molecule has 2 heterocycles. The van der Waals surface area contributed by atoms with Gasteiger partial charge >= 0.3 is 0 Å². The predicted molar refractivity (Wildman–Crippen MR) is 61.6 cm³/mol. The third-order valence-electron chi connectivity index (χ3n) is 2.52. The predicted octanol–water partition coefficient (Wildman–Crippen LogP) is 2.59. The molecule has 3 rings (SSSR count). The first-order valence-corrected chi connectivity index (χ1v) is 5.24. The molecule has 4 nitrogen and oxygen atoms in total. The molecule has 0 saturated heterocycles. The minimum Gasteiger partial charge on any atom is -0.449 e. The maximum absolute atomic E-state index is 13.4. The number of fused-ring (bicyclic) bond motifs is 1. The highest BCUT2D eigenvalue weighted by molar-refractivity contribution is 6.07. The number of furan rings is 1. The van der Waals surface area contributed by atoms with Crippen LogP contribution >= 0.6 is 0 Å². The smallest absolute Gasteiger partial charge is 0.248 e. The van der Waals surface area contributed by atoms with Crippen LogP contribution in [0, 0.1) is 5.82 Å². The maximum Gasteiger partial charge on any atom is 0.248 e. The molecule has 0 radical (unpaired) electrons. The fraction of sp³-hybridized carbons (Fsp3) is 0. The van der Waals surface area contributed by atoms with Crippen molar-refractivity contribution in [3.63, 3.8) is 0 Å². The van der Waals surface area contributed by atoms with Gasteiger partial charge in [-0.15, -0.1) is 0 Å². The van der Waals surface area contributed by atoms with E-state index < -0.39 is 11.6 Å². The minimum atomic E-state index is -0.495. The zero-order valence-electron chi connectivity index (χ0n) is 9.13. The highest BCUT2D eigenvalue weighted by atomic mass is 19.1. The molecule has 0 saturated carbocycles. The second kappa shape index (κ2) is 4.03. The fourth-order valence-electron chi connectivity index (χ4n) is 1.68. The van der Waals surface area contributed by atoms with Crippen LogP contribution < -0.4 is 0 Å². The van der Waals surface area contributed by atoms with Crippen LogP contribution in [0.25, 0.3) is 11.0 Å². The van der Waals surface area contributed by atoms with Gasteiger partial charge in [-0.25, -0.2) is 9.37 Å². The van der Waals surface area contributed by atoms with Gasteiger partial charge < -0.3 is 4.42 Å². The van der Waals surface area contributed by atoms with E-state index in [0.717, 1.165) is 0 Å². The van der Waals surface area contributed by atoms with Gasteiger partial charge in [-0.3, -0.25) is 9.78 Å². The van der Waals surface area contributed by atoms with Crippen molar-refractivity contribution in [3.8, 4) is 0 Å². The van der Waals surface area contributed by atoms with E-state index >= 15 is 0 Å². The number of aromatic nitrogens is 2. The van der Waals surface area contributed by atoms with Crippen LogP contribution in [-0.4, -0.2) is 15.8 Å². The van der Waals surface area contributed by atoms with Gasteiger partial charge in [0.25, 0.3) is 0 Å². The third kappa shape index (κ3) is 1.66. The quantitative estimate of drug-likeness (QED) is 0.648. The van der Waals surface area contributed by atoms with Crippen LogP contribution in [-0.2, 0) is 0 Å². The molecular weight excluding hydrogens is 235 g/mol. The van der Waals surface area contributed by atoms with E-state index in [0.29, 0.717) is 5.39 Å². The molecule has 0 aliphatic carbocycles. The van der Waals surface area contributed by atoms with Crippen molar-refractivity contribution < 1.29 is 13.6 Å². The Labute approximate surface area is 101 Å². The molecule has 0 bridgehead atoms. The Bertz CT molecular complexity index is 722. The Kier molecular flexibility index (Phi) is 2.37. The summed E-state index contributed by atoms with van der Waals surface area (Å²) >= 11 is 0. The first-order chi connectivity index (χ1) is 8.75. The summed E-state index contributed by atoms with van der Waals surface area (Å²) in [7, 11) is 0. The van der Waals surface area contributed by atoms with Gasteiger partial charge in [0, 0.05) is 17.8 Å². The van der Waals surface area contributed by atoms with Crippen LogP contribution in [0.1, 0.15) is 16.2 Å². The standard InChI is InChI=1S/C13H7FN2O2/c14-9-3-1-2-8-6-11(18-13(8)9)12(17)10-7-15-4-5-16-10/h1-7H. The van der Waals surface area contributed by atoms with Gasteiger partial charge in [0.1, 0.15) is 5.69 Å². The topological polar surface area (TPSA) is 56.0 Å². The molecule has 0 spiro atoms. The summed E-state index contributed by atoms with van der Waals surface area (Å²) in [6.45, 7) is 0. The summed E-state index contributed by atoms with van der Waals surface area (Å²) in [5.74, 6) is -0.861. The fourth-order valence-corrected chi connectivity index (χ4v) is 1.68. The van der Waals surface area contributed by atoms with Gasteiger partial charge in [-0.1, -0.05) is 12.1 Å². The first kappa shape index (κ1) is 10.6. The second-order valence-electron chi connectivity index (χ2n) is 3.69. The van der Waals surface area contributed by atoms with E-state index in [1.165, 1.54) is 30.7 Å². The van der Waals surface area contributed by atoms with E-state index in [-0.39, 0.29) is 17.0 Å². The third-order valence-corrected chi connectivity index (χ3v) is 2.52. The van der Waals surface area contributed by atoms with Gasteiger partial charge in [-0.2, -0.15) is 0 Å². The number of rotatable bonds is 2. The Morgan fingerprint density at radius 2 is 2.17 bits per heavy atom. The second-order valence-corrected chi connectivity index (χ2v) is 3.69. The van der Waals surface area contributed by atoms with Crippen LogP contribution in [0.3, 0.4) is 0 Å². The average molecular weight is 242 g/mol. The number of carbonyl (C=O) groups excluding carboxylic acids is 1. The van der Waals surface area contributed by atoms with Crippen LogP contribution in [0.5, 0.6) is 0 Å². The molecule has 0 N–H and O–H groups in total. The molecular formula is C13H7FN2O2. The van der Waals surface area contributed by atoms with Crippen LogP contribution in [0.4, 0.5) is 4.39 Å². The molecule has 0 atom stereocenters. The number of carbonyl (C=O) groups is 1. The zero-order chi connectivity index (χ0) is 12.5. The number of para-hydroxylation sites is 1. The number of halogens is 1. The number of hydrogen-bond donors (Lipinski definition) is 0. The summed E-state index contributed by atoms with van der Waals surface area (Å²) < 4.78 is 18.7. The lowest BCUT2D eigenvalue weighted by Crippen LogP contribution is -2.02. The highest BCUT2D eigenvalue weighted by Crippen LogP contribution is 2.23. The highest BCUT2D eigenvalue weighted by Gasteiger charge is 2.17. The lowest BCUT2D eigenvalue weighted by molar-refractivity contribution is 0.101. The van der Waals surface area contributed by atoms with Gasteiger partial charge in [-0.05, 0) is 12.1 Å². The summed E-state index contributed by atoms with van der Waals surface area (Å²) in [5, 5.41) is 0.544. The van der Waals surface area contributed by atoms with Gasteiger partial charge in [0.15, 0.2) is 17.2 Å². The van der Waals surface area contributed by atoms with Crippen molar-refractivity contribution in [2.24, 2.45) is 0 Å². The Hall–Kier alpha value is -2.56. The van der Waals surface area contributed by atoms with E-state index in [1.807, 2.05) is 0 Å². The van der Waals surface area contributed by atoms with Crippen LogP contribution in [0.15, 0.2) is 47.3 Å². The summed E-state index contributed by atoms with van der Waals surface area (Å²) in [5.41, 5.74) is 0.238. The van der Waals surface area contributed by atoms with Crippen LogP contribution in [0.2, 0.25) is 0 Å². The number of hydrogen-bond acceptors (Lipinski definition) is 4. The molecule has 1 aromatic carbocycles. The van der Waals surface area contributed by atoms with Crippen molar-refractivity contribution in [1.29, 1.82) is 0 Å². The Morgan fingerprint density at radius 1 is 1.28 bits per heavy atom. The normalized spacial score (nSPS) is 10.7. The monoisotopic (exact) mass is 242 g/mol. The summed E-state index contributed by atoms with van der Waals surface area (Å²) in [4.78, 5) is 19.7. The first-order valence-electron chi connectivity index (χ1n) is 5.24. The van der Waals surface area contributed by atoms with Gasteiger partial charge in [0.05, 0.1) is 6.20 Å². The van der Waals surface area contributed by atoms with Gasteiger partial charge in [0.2, 0.25) is 5.78 Å². The zero-order valence-corrected chi connectivity index (χ0v) is 9.13. The number of benzene rings is 1. The van der Waals surface area contributed by atoms with E-state index in [9.17, 15) is 9.18 Å². The van der Waals surface area contributed by atoms with Crippen molar-refractivity contribution in [1.82, 2.24) is 9.97 Å². The van der Waals surface area contributed by atoms with E-state index in [4.69, 9.17) is 4.42 Å².